The van der Waals surface area contributed by atoms with Crippen molar-refractivity contribution in [3.63, 3.8) is 0 Å². The molecule has 0 unspecified atom stereocenters. The number of carboxylic acid groups (broad SMARTS) is 1. The fourth-order valence-corrected chi connectivity index (χ4v) is 2.38. The Kier molecular flexibility index (Phi) is 7.15. The first kappa shape index (κ1) is 19.7. The molecule has 0 heterocycles. The molecule has 2 N–H and O–H groups in total. The van der Waals surface area contributed by atoms with Gasteiger partial charge in [0.05, 0.1) is 0 Å². The van der Waals surface area contributed by atoms with Gasteiger partial charge in [-0.05, 0) is 47.0 Å². The van der Waals surface area contributed by atoms with Crippen LogP contribution in [0.5, 0.6) is 0 Å². The van der Waals surface area contributed by atoms with E-state index in [9.17, 15) is 9.90 Å². The average molecular weight is 358 g/mol. The quantitative estimate of drug-likeness (QED) is 0.336. The van der Waals surface area contributed by atoms with E-state index >= 15 is 0 Å². The SMILES string of the molecule is C=Cc1ccc2ccccc2c1.CC(=CC(O)=Cc1ccccc1)C(=O)O. The maximum atomic E-state index is 10.5. The van der Waals surface area contributed by atoms with Gasteiger partial charge in [-0.3, -0.25) is 0 Å². The third-order valence-electron chi connectivity index (χ3n) is 3.83. The highest BCUT2D eigenvalue weighted by molar-refractivity contribution is 5.86. The summed E-state index contributed by atoms with van der Waals surface area (Å²) in [5, 5.41) is 20.6. The molecule has 0 aliphatic rings. The van der Waals surface area contributed by atoms with Crippen molar-refractivity contribution in [1.82, 2.24) is 0 Å². The summed E-state index contributed by atoms with van der Waals surface area (Å²) in [7, 11) is 0. The zero-order valence-electron chi connectivity index (χ0n) is 15.2. The van der Waals surface area contributed by atoms with E-state index in [1.54, 1.807) is 0 Å². The van der Waals surface area contributed by atoms with Crippen molar-refractivity contribution in [3.8, 4) is 0 Å². The maximum absolute atomic E-state index is 10.5. The number of aliphatic carboxylic acids is 1. The van der Waals surface area contributed by atoms with Crippen LogP contribution in [0.3, 0.4) is 0 Å². The molecule has 0 saturated carbocycles. The number of hydrogen-bond acceptors (Lipinski definition) is 2. The monoisotopic (exact) mass is 358 g/mol. The predicted molar refractivity (Wildman–Crippen MR) is 112 cm³/mol. The lowest BCUT2D eigenvalue weighted by atomic mass is 10.1. The smallest absolute Gasteiger partial charge is 0.331 e. The van der Waals surface area contributed by atoms with E-state index in [1.165, 1.54) is 35.4 Å². The molecule has 3 rings (SSSR count). The van der Waals surface area contributed by atoms with Crippen LogP contribution >= 0.6 is 0 Å². The zero-order valence-corrected chi connectivity index (χ0v) is 15.2. The minimum atomic E-state index is -1.04. The zero-order chi connectivity index (χ0) is 19.6. The molecular formula is C24H22O3. The number of carbonyl (C=O) groups is 1. The number of aliphatic hydroxyl groups excluding tert-OH is 1. The van der Waals surface area contributed by atoms with Gasteiger partial charge in [0.2, 0.25) is 0 Å². The minimum Gasteiger partial charge on any atom is -0.508 e. The van der Waals surface area contributed by atoms with Gasteiger partial charge in [-0.15, -0.1) is 0 Å². The fourth-order valence-electron chi connectivity index (χ4n) is 2.38. The highest BCUT2D eigenvalue weighted by Crippen LogP contribution is 2.15. The van der Waals surface area contributed by atoms with Crippen LogP contribution in [-0.2, 0) is 4.79 Å². The van der Waals surface area contributed by atoms with Crippen molar-refractivity contribution >= 4 is 28.9 Å². The van der Waals surface area contributed by atoms with Crippen molar-refractivity contribution in [2.75, 3.05) is 0 Å². The van der Waals surface area contributed by atoms with Crippen LogP contribution in [0.15, 0.2) is 96.8 Å². The van der Waals surface area contributed by atoms with Crippen LogP contribution in [0, 0.1) is 0 Å². The predicted octanol–water partition coefficient (Wildman–Crippen LogP) is 6.10. The summed E-state index contributed by atoms with van der Waals surface area (Å²) in [5.74, 6) is -1.11. The first-order chi connectivity index (χ1) is 13.0. The number of rotatable bonds is 4. The summed E-state index contributed by atoms with van der Waals surface area (Å²) < 4.78 is 0. The lowest BCUT2D eigenvalue weighted by molar-refractivity contribution is -0.132. The molecule has 27 heavy (non-hydrogen) atoms. The number of allylic oxidation sites excluding steroid dienone is 1. The summed E-state index contributed by atoms with van der Waals surface area (Å²) in [6.45, 7) is 5.17. The Morgan fingerprint density at radius 2 is 1.48 bits per heavy atom. The second-order valence-electron chi connectivity index (χ2n) is 5.92. The fraction of sp³-hybridized carbons (Fsp3) is 0.0417. The molecule has 0 radical (unpaired) electrons. The molecule has 3 nitrogen and oxygen atoms in total. The van der Waals surface area contributed by atoms with E-state index in [-0.39, 0.29) is 11.3 Å². The molecule has 0 aliphatic heterocycles. The highest BCUT2D eigenvalue weighted by atomic mass is 16.4. The Hall–Kier alpha value is -3.59. The molecule has 3 aromatic carbocycles. The lowest BCUT2D eigenvalue weighted by Crippen LogP contribution is -1.96. The Bertz CT molecular complexity index is 983. The van der Waals surface area contributed by atoms with Gasteiger partial charge in [-0.25, -0.2) is 4.79 Å². The molecular weight excluding hydrogens is 336 g/mol. The van der Waals surface area contributed by atoms with E-state index in [4.69, 9.17) is 5.11 Å². The first-order valence-corrected chi connectivity index (χ1v) is 8.48. The first-order valence-electron chi connectivity index (χ1n) is 8.48. The van der Waals surface area contributed by atoms with Crippen molar-refractivity contribution in [2.24, 2.45) is 0 Å². The van der Waals surface area contributed by atoms with Crippen LogP contribution in [0.1, 0.15) is 18.1 Å². The molecule has 0 amide bonds. The Morgan fingerprint density at radius 1 is 0.852 bits per heavy atom. The maximum Gasteiger partial charge on any atom is 0.331 e. The Labute approximate surface area is 159 Å². The van der Waals surface area contributed by atoms with Crippen LogP contribution in [0.2, 0.25) is 0 Å². The van der Waals surface area contributed by atoms with E-state index in [0.717, 1.165) is 5.56 Å². The van der Waals surface area contributed by atoms with E-state index in [2.05, 4.69) is 49.0 Å². The lowest BCUT2D eigenvalue weighted by Gasteiger charge is -1.97. The molecule has 0 aliphatic carbocycles. The van der Waals surface area contributed by atoms with Crippen molar-refractivity contribution < 1.29 is 15.0 Å². The second kappa shape index (κ2) is 9.78. The Morgan fingerprint density at radius 3 is 2.11 bits per heavy atom. The highest BCUT2D eigenvalue weighted by Gasteiger charge is 2.00. The average Bonchev–Trinajstić information content (AvgIpc) is 2.68. The summed E-state index contributed by atoms with van der Waals surface area (Å²) >= 11 is 0. The third kappa shape index (κ3) is 6.33. The summed E-state index contributed by atoms with van der Waals surface area (Å²) in [5.41, 5.74) is 2.10. The largest absolute Gasteiger partial charge is 0.508 e. The normalized spacial score (nSPS) is 11.4. The number of hydrogen-bond donors (Lipinski definition) is 2. The van der Waals surface area contributed by atoms with Gasteiger partial charge in [-0.1, -0.05) is 79.4 Å². The number of aliphatic hydroxyl groups is 1. The molecule has 3 aromatic rings. The topological polar surface area (TPSA) is 57.5 Å². The van der Waals surface area contributed by atoms with Crippen LogP contribution < -0.4 is 0 Å². The molecule has 0 fully saturated rings. The molecule has 0 aromatic heterocycles. The van der Waals surface area contributed by atoms with Gasteiger partial charge >= 0.3 is 5.97 Å². The van der Waals surface area contributed by atoms with Crippen molar-refractivity contribution in [3.05, 3.63) is 108 Å². The minimum absolute atomic E-state index is 0.0684. The molecule has 0 saturated heterocycles. The number of carboxylic acids is 1. The molecule has 136 valence electrons. The van der Waals surface area contributed by atoms with Crippen LogP contribution in [-0.4, -0.2) is 16.2 Å². The van der Waals surface area contributed by atoms with Gasteiger partial charge in [0.15, 0.2) is 0 Å². The summed E-state index contributed by atoms with van der Waals surface area (Å²) in [6, 6.07) is 23.9. The number of benzene rings is 3. The van der Waals surface area contributed by atoms with E-state index < -0.39 is 5.97 Å². The molecule has 0 bridgehead atoms. The summed E-state index contributed by atoms with van der Waals surface area (Å²) in [4.78, 5) is 10.5. The van der Waals surface area contributed by atoms with E-state index in [0.29, 0.717) is 0 Å². The second-order valence-corrected chi connectivity index (χ2v) is 5.92. The summed E-state index contributed by atoms with van der Waals surface area (Å²) in [6.07, 6.45) is 4.59. The molecule has 0 spiro atoms. The van der Waals surface area contributed by atoms with Gasteiger partial charge in [0, 0.05) is 5.57 Å². The van der Waals surface area contributed by atoms with E-state index in [1.807, 2.05) is 36.4 Å². The number of fused-ring (bicyclic) bond motifs is 1. The Balaban J connectivity index is 0.000000198. The van der Waals surface area contributed by atoms with Crippen LogP contribution in [0.25, 0.3) is 22.9 Å². The standard InChI is InChI=1S/C12H12O3.C12H10/c1-9(12(14)15)7-11(13)8-10-5-3-2-4-6-10;1-2-10-7-8-11-5-3-4-6-12(11)9-10/h2-8,13H,1H3,(H,14,15);2-9H,1H2. The van der Waals surface area contributed by atoms with Gasteiger partial charge in [0.25, 0.3) is 0 Å². The van der Waals surface area contributed by atoms with Gasteiger partial charge in [-0.2, -0.15) is 0 Å². The third-order valence-corrected chi connectivity index (χ3v) is 3.83. The molecule has 3 heteroatoms. The van der Waals surface area contributed by atoms with Gasteiger partial charge < -0.3 is 10.2 Å². The van der Waals surface area contributed by atoms with Gasteiger partial charge in [0.1, 0.15) is 5.76 Å². The van der Waals surface area contributed by atoms with Crippen molar-refractivity contribution in [1.29, 1.82) is 0 Å². The molecule has 0 atom stereocenters. The van der Waals surface area contributed by atoms with Crippen molar-refractivity contribution in [2.45, 2.75) is 6.92 Å². The van der Waals surface area contributed by atoms with Crippen LogP contribution in [0.4, 0.5) is 0 Å².